The Hall–Kier alpha value is -1.33. The highest BCUT2D eigenvalue weighted by Gasteiger charge is 2.21. The van der Waals surface area contributed by atoms with Crippen LogP contribution in [0.15, 0.2) is 29.1 Å². The van der Waals surface area contributed by atoms with E-state index in [0.717, 1.165) is 28.0 Å². The van der Waals surface area contributed by atoms with Gasteiger partial charge in [0, 0.05) is 29.7 Å². The summed E-state index contributed by atoms with van der Waals surface area (Å²) in [5.41, 5.74) is 3.42. The van der Waals surface area contributed by atoms with Crippen LogP contribution in [0.3, 0.4) is 0 Å². The van der Waals surface area contributed by atoms with Gasteiger partial charge in [0.1, 0.15) is 12.4 Å². The number of hydrogen-bond acceptors (Lipinski definition) is 3. The predicted octanol–water partition coefficient (Wildman–Crippen LogP) is 3.32. The maximum atomic E-state index is 6.08. The number of hydrogen-bond donors (Lipinski definition) is 1. The second-order valence-corrected chi connectivity index (χ2v) is 6.57. The summed E-state index contributed by atoms with van der Waals surface area (Å²) in [5.74, 6) is 0.979. The van der Waals surface area contributed by atoms with Crippen LogP contribution in [0.1, 0.15) is 29.7 Å². The quantitative estimate of drug-likeness (QED) is 0.869. The maximum absolute atomic E-state index is 6.08. The second kappa shape index (κ2) is 6.20. The molecule has 0 aliphatic heterocycles. The van der Waals surface area contributed by atoms with Gasteiger partial charge >= 0.3 is 0 Å². The zero-order chi connectivity index (χ0) is 14.8. The Morgan fingerprint density at radius 1 is 1.43 bits per heavy atom. The molecule has 1 aliphatic rings. The molecule has 1 aromatic carbocycles. The first kappa shape index (κ1) is 14.6. The van der Waals surface area contributed by atoms with Gasteiger partial charge in [-0.2, -0.15) is 0 Å². The van der Waals surface area contributed by atoms with Crippen molar-refractivity contribution in [3.63, 3.8) is 0 Å². The molecule has 0 saturated heterocycles. The third-order valence-electron chi connectivity index (χ3n) is 3.76. The molecule has 0 bridgehead atoms. The highest BCUT2D eigenvalue weighted by atomic mass is 79.9. The summed E-state index contributed by atoms with van der Waals surface area (Å²) >= 11 is 3.57. The van der Waals surface area contributed by atoms with E-state index in [9.17, 15) is 0 Å². The number of nitrogens with one attached hydrogen (secondary N) is 1. The molecule has 5 heteroatoms. The Labute approximate surface area is 133 Å². The number of imidazole rings is 1. The number of aryl methyl sites for hydroxylation is 2. The van der Waals surface area contributed by atoms with E-state index in [1.54, 1.807) is 6.33 Å². The molecule has 1 aromatic heterocycles. The fourth-order valence-corrected chi connectivity index (χ4v) is 2.97. The topological polar surface area (TPSA) is 39.1 Å². The van der Waals surface area contributed by atoms with Gasteiger partial charge < -0.3 is 14.6 Å². The van der Waals surface area contributed by atoms with Gasteiger partial charge in [-0.1, -0.05) is 15.9 Å². The lowest BCUT2D eigenvalue weighted by Crippen LogP contribution is -2.16. The maximum Gasteiger partial charge on any atom is 0.130 e. The van der Waals surface area contributed by atoms with Crippen molar-refractivity contribution in [3.8, 4) is 5.75 Å². The molecule has 0 spiro atoms. The summed E-state index contributed by atoms with van der Waals surface area (Å²) in [4.78, 5) is 4.12. The predicted molar refractivity (Wildman–Crippen MR) is 86.3 cm³/mol. The Morgan fingerprint density at radius 3 is 2.90 bits per heavy atom. The first-order valence-electron chi connectivity index (χ1n) is 7.24. The van der Waals surface area contributed by atoms with Crippen molar-refractivity contribution in [1.29, 1.82) is 0 Å². The first-order chi connectivity index (χ1) is 10.1. The molecule has 3 rings (SSSR count). The van der Waals surface area contributed by atoms with Gasteiger partial charge in [0.05, 0.1) is 18.2 Å². The van der Waals surface area contributed by atoms with Crippen LogP contribution in [0.2, 0.25) is 0 Å². The number of halogens is 1. The molecule has 21 heavy (non-hydrogen) atoms. The van der Waals surface area contributed by atoms with Crippen molar-refractivity contribution >= 4 is 15.9 Å². The number of aromatic nitrogens is 2. The van der Waals surface area contributed by atoms with Gasteiger partial charge in [0.25, 0.3) is 0 Å². The third kappa shape index (κ3) is 3.66. The molecule has 1 fully saturated rings. The van der Waals surface area contributed by atoms with E-state index in [4.69, 9.17) is 4.74 Å². The molecule has 112 valence electrons. The van der Waals surface area contributed by atoms with Crippen molar-refractivity contribution in [3.05, 3.63) is 46.0 Å². The molecule has 1 heterocycles. The minimum atomic E-state index is 0.537. The van der Waals surface area contributed by atoms with Crippen molar-refractivity contribution in [1.82, 2.24) is 14.9 Å². The van der Waals surface area contributed by atoms with E-state index < -0.39 is 0 Å². The van der Waals surface area contributed by atoms with Crippen molar-refractivity contribution < 1.29 is 4.74 Å². The normalized spacial score (nSPS) is 14.4. The number of ether oxygens (including phenoxy) is 1. The Bertz CT molecular complexity index is 634. The minimum absolute atomic E-state index is 0.537. The van der Waals surface area contributed by atoms with Crippen LogP contribution < -0.4 is 10.1 Å². The number of nitrogens with zero attached hydrogens (tertiary/aromatic N) is 2. The molecule has 2 aromatic rings. The van der Waals surface area contributed by atoms with Gasteiger partial charge in [0.15, 0.2) is 0 Å². The molecule has 4 nitrogen and oxygen atoms in total. The van der Waals surface area contributed by atoms with Crippen molar-refractivity contribution in [2.24, 2.45) is 7.05 Å². The van der Waals surface area contributed by atoms with Gasteiger partial charge in [-0.25, -0.2) is 4.98 Å². The average Bonchev–Trinajstić information content (AvgIpc) is 3.18. The SMILES string of the molecule is Cc1cc(Br)cc(CNC2CC2)c1OCc1cncn1C. The van der Waals surface area contributed by atoms with E-state index in [2.05, 4.69) is 45.3 Å². The van der Waals surface area contributed by atoms with E-state index in [-0.39, 0.29) is 0 Å². The Balaban J connectivity index is 1.76. The fourth-order valence-electron chi connectivity index (χ4n) is 2.35. The van der Waals surface area contributed by atoms with Crippen LogP contribution in [0.5, 0.6) is 5.75 Å². The average molecular weight is 350 g/mol. The molecule has 0 atom stereocenters. The van der Waals surface area contributed by atoms with Crippen molar-refractivity contribution in [2.45, 2.75) is 39.0 Å². The summed E-state index contributed by atoms with van der Waals surface area (Å²) in [6, 6.07) is 4.93. The molecular weight excluding hydrogens is 330 g/mol. The molecule has 1 aliphatic carbocycles. The second-order valence-electron chi connectivity index (χ2n) is 5.65. The zero-order valence-electron chi connectivity index (χ0n) is 12.4. The van der Waals surface area contributed by atoms with E-state index in [1.807, 2.05) is 17.8 Å². The van der Waals surface area contributed by atoms with Crippen LogP contribution >= 0.6 is 15.9 Å². The van der Waals surface area contributed by atoms with Crippen LogP contribution in [-0.4, -0.2) is 15.6 Å². The van der Waals surface area contributed by atoms with Crippen LogP contribution in [0.4, 0.5) is 0 Å². The largest absolute Gasteiger partial charge is 0.487 e. The van der Waals surface area contributed by atoms with Crippen LogP contribution in [0.25, 0.3) is 0 Å². The molecular formula is C16H20BrN3O. The highest BCUT2D eigenvalue weighted by molar-refractivity contribution is 9.10. The molecule has 0 amide bonds. The van der Waals surface area contributed by atoms with Crippen LogP contribution in [0, 0.1) is 6.92 Å². The Kier molecular flexibility index (Phi) is 4.31. The van der Waals surface area contributed by atoms with Gasteiger partial charge in [0.2, 0.25) is 0 Å². The highest BCUT2D eigenvalue weighted by Crippen LogP contribution is 2.30. The lowest BCUT2D eigenvalue weighted by atomic mass is 10.1. The third-order valence-corrected chi connectivity index (χ3v) is 4.21. The standard InChI is InChI=1S/C16H20BrN3O/c1-11-5-13(17)6-12(7-19-14-3-4-14)16(11)21-9-15-8-18-10-20(15)2/h5-6,8,10,14,19H,3-4,7,9H2,1-2H3. The molecule has 1 saturated carbocycles. The summed E-state index contributed by atoms with van der Waals surface area (Å²) in [7, 11) is 1.98. The summed E-state index contributed by atoms with van der Waals surface area (Å²) in [6.45, 7) is 3.48. The van der Waals surface area contributed by atoms with Gasteiger partial charge in [-0.05, 0) is 37.5 Å². The number of rotatable bonds is 6. The summed E-state index contributed by atoms with van der Waals surface area (Å²) < 4.78 is 9.16. The van der Waals surface area contributed by atoms with E-state index in [0.29, 0.717) is 12.6 Å². The lowest BCUT2D eigenvalue weighted by molar-refractivity contribution is 0.291. The number of benzene rings is 1. The molecule has 1 N–H and O–H groups in total. The Morgan fingerprint density at radius 2 is 2.24 bits per heavy atom. The van der Waals surface area contributed by atoms with Gasteiger partial charge in [-0.15, -0.1) is 0 Å². The van der Waals surface area contributed by atoms with E-state index in [1.165, 1.54) is 18.4 Å². The smallest absolute Gasteiger partial charge is 0.130 e. The first-order valence-corrected chi connectivity index (χ1v) is 8.03. The summed E-state index contributed by atoms with van der Waals surface area (Å²) in [6.07, 6.45) is 6.22. The lowest BCUT2D eigenvalue weighted by Gasteiger charge is -2.15. The van der Waals surface area contributed by atoms with Crippen LogP contribution in [-0.2, 0) is 20.2 Å². The fraction of sp³-hybridized carbons (Fsp3) is 0.438. The van der Waals surface area contributed by atoms with E-state index >= 15 is 0 Å². The monoisotopic (exact) mass is 349 g/mol. The zero-order valence-corrected chi connectivity index (χ0v) is 14.0. The molecule has 0 unspecified atom stereocenters. The minimum Gasteiger partial charge on any atom is -0.487 e. The van der Waals surface area contributed by atoms with Crippen molar-refractivity contribution in [2.75, 3.05) is 0 Å². The van der Waals surface area contributed by atoms with Gasteiger partial charge in [-0.3, -0.25) is 0 Å². The molecule has 0 radical (unpaired) electrons. The summed E-state index contributed by atoms with van der Waals surface area (Å²) in [5, 5.41) is 3.55.